The van der Waals surface area contributed by atoms with Crippen molar-refractivity contribution in [1.82, 2.24) is 15.2 Å². The summed E-state index contributed by atoms with van der Waals surface area (Å²) < 4.78 is 5.74. The van der Waals surface area contributed by atoms with Crippen LogP contribution in [0.15, 0.2) is 29.6 Å². The first-order chi connectivity index (χ1) is 10.7. The summed E-state index contributed by atoms with van der Waals surface area (Å²) in [5.74, 6) is 0.823. The predicted octanol–water partition coefficient (Wildman–Crippen LogP) is 2.92. The van der Waals surface area contributed by atoms with Crippen LogP contribution >= 0.6 is 22.9 Å². The number of thiazole rings is 1. The number of rotatable bonds is 5. The standard InChI is InChI=1S/C16H18ClN3OS/c17-11-1-3-15(4-2-11)21-9-16-19-14(10-22-16)8-20-6-12-5-13(7-20)18-12/h1-4,10,12-13,18H,5-9H2. The van der Waals surface area contributed by atoms with Gasteiger partial charge in [0.1, 0.15) is 17.4 Å². The summed E-state index contributed by atoms with van der Waals surface area (Å²) in [4.78, 5) is 7.18. The second-order valence-corrected chi connectivity index (χ2v) is 7.34. The van der Waals surface area contributed by atoms with Crippen LogP contribution in [0, 0.1) is 0 Å². The molecule has 22 heavy (non-hydrogen) atoms. The van der Waals surface area contributed by atoms with E-state index in [-0.39, 0.29) is 0 Å². The van der Waals surface area contributed by atoms with Crippen LogP contribution in [-0.4, -0.2) is 35.1 Å². The lowest BCUT2D eigenvalue weighted by molar-refractivity contribution is 0.0718. The molecule has 1 N–H and O–H groups in total. The van der Waals surface area contributed by atoms with Gasteiger partial charge in [0.25, 0.3) is 0 Å². The fourth-order valence-electron chi connectivity index (χ4n) is 3.13. The third-order valence-electron chi connectivity index (χ3n) is 4.16. The molecular weight excluding hydrogens is 318 g/mol. The molecular formula is C16H18ClN3OS. The maximum Gasteiger partial charge on any atom is 0.140 e. The van der Waals surface area contributed by atoms with Gasteiger partial charge in [-0.1, -0.05) is 11.6 Å². The molecule has 2 aromatic rings. The number of nitrogens with zero attached hydrogens (tertiary/aromatic N) is 2. The van der Waals surface area contributed by atoms with Gasteiger partial charge in [-0.2, -0.15) is 0 Å². The second-order valence-electron chi connectivity index (χ2n) is 5.97. The molecule has 6 heteroatoms. The first-order valence-corrected chi connectivity index (χ1v) is 8.80. The Labute approximate surface area is 139 Å². The van der Waals surface area contributed by atoms with E-state index in [1.54, 1.807) is 11.3 Å². The van der Waals surface area contributed by atoms with Gasteiger partial charge >= 0.3 is 0 Å². The molecule has 1 aromatic carbocycles. The minimum atomic E-state index is 0.513. The van der Waals surface area contributed by atoms with E-state index in [0.29, 0.717) is 18.7 Å². The molecule has 3 aliphatic heterocycles. The van der Waals surface area contributed by atoms with Gasteiger partial charge < -0.3 is 10.1 Å². The van der Waals surface area contributed by atoms with Crippen LogP contribution in [0.5, 0.6) is 5.75 Å². The van der Waals surface area contributed by atoms with Crippen molar-refractivity contribution < 1.29 is 4.74 Å². The van der Waals surface area contributed by atoms with Gasteiger partial charge in [0.15, 0.2) is 0 Å². The van der Waals surface area contributed by atoms with Crippen LogP contribution < -0.4 is 10.1 Å². The van der Waals surface area contributed by atoms with Crippen LogP contribution in [0.4, 0.5) is 0 Å². The molecule has 4 nitrogen and oxygen atoms in total. The molecule has 0 saturated carbocycles. The zero-order valence-electron chi connectivity index (χ0n) is 12.2. The van der Waals surface area contributed by atoms with Gasteiger partial charge in [-0.25, -0.2) is 4.98 Å². The second kappa shape index (κ2) is 6.16. The van der Waals surface area contributed by atoms with Gasteiger partial charge in [-0.15, -0.1) is 11.3 Å². The van der Waals surface area contributed by atoms with E-state index >= 15 is 0 Å². The topological polar surface area (TPSA) is 37.4 Å². The first kappa shape index (κ1) is 14.5. The van der Waals surface area contributed by atoms with Gasteiger partial charge in [0, 0.05) is 42.1 Å². The van der Waals surface area contributed by atoms with Gasteiger partial charge in [0.05, 0.1) is 5.69 Å². The van der Waals surface area contributed by atoms with Crippen LogP contribution in [-0.2, 0) is 13.2 Å². The number of aromatic nitrogens is 1. The number of nitrogens with one attached hydrogen (secondary N) is 1. The molecule has 5 rings (SSSR count). The number of piperidine rings is 1. The number of halogens is 1. The minimum absolute atomic E-state index is 0.513. The van der Waals surface area contributed by atoms with E-state index in [2.05, 4.69) is 20.6 Å². The maximum absolute atomic E-state index is 5.86. The molecule has 4 heterocycles. The molecule has 2 bridgehead atoms. The summed E-state index contributed by atoms with van der Waals surface area (Å²) in [6.45, 7) is 3.75. The largest absolute Gasteiger partial charge is 0.486 e. The average Bonchev–Trinajstić information content (AvgIpc) is 2.93. The average molecular weight is 336 g/mol. The number of fused-ring (bicyclic) bond motifs is 2. The Morgan fingerprint density at radius 1 is 1.27 bits per heavy atom. The molecule has 0 spiro atoms. The number of hydrogen-bond acceptors (Lipinski definition) is 5. The normalized spacial score (nSPS) is 24.0. The summed E-state index contributed by atoms with van der Waals surface area (Å²) >= 11 is 7.53. The Morgan fingerprint density at radius 2 is 2.00 bits per heavy atom. The Balaban J connectivity index is 1.30. The predicted molar refractivity (Wildman–Crippen MR) is 88.5 cm³/mol. The van der Waals surface area contributed by atoms with Gasteiger partial charge in [0.2, 0.25) is 0 Å². The highest BCUT2D eigenvalue weighted by Gasteiger charge is 2.36. The van der Waals surface area contributed by atoms with Crippen molar-refractivity contribution in [3.63, 3.8) is 0 Å². The third kappa shape index (κ3) is 3.27. The Bertz CT molecular complexity index is 629. The Hall–Kier alpha value is -1.14. The van der Waals surface area contributed by atoms with E-state index in [1.807, 2.05) is 24.3 Å². The summed E-state index contributed by atoms with van der Waals surface area (Å²) in [5.41, 5.74) is 1.15. The van der Waals surface area contributed by atoms with Crippen molar-refractivity contribution in [2.24, 2.45) is 0 Å². The van der Waals surface area contributed by atoms with E-state index in [1.165, 1.54) is 6.42 Å². The highest BCUT2D eigenvalue weighted by molar-refractivity contribution is 7.09. The molecule has 3 fully saturated rings. The van der Waals surface area contributed by atoms with E-state index in [9.17, 15) is 0 Å². The first-order valence-electron chi connectivity index (χ1n) is 7.54. The van der Waals surface area contributed by atoms with Gasteiger partial charge in [-0.3, -0.25) is 4.90 Å². The van der Waals surface area contributed by atoms with Crippen LogP contribution in [0.1, 0.15) is 17.1 Å². The van der Waals surface area contributed by atoms with E-state index in [0.717, 1.165) is 41.1 Å². The smallest absolute Gasteiger partial charge is 0.140 e. The molecule has 0 amide bonds. The molecule has 3 aliphatic rings. The lowest BCUT2D eigenvalue weighted by Gasteiger charge is -2.48. The number of ether oxygens (including phenoxy) is 1. The molecule has 2 atom stereocenters. The zero-order valence-corrected chi connectivity index (χ0v) is 13.7. The number of benzene rings is 1. The summed E-state index contributed by atoms with van der Waals surface area (Å²) in [6, 6.07) is 8.82. The minimum Gasteiger partial charge on any atom is -0.486 e. The molecule has 0 aliphatic carbocycles. The fourth-order valence-corrected chi connectivity index (χ4v) is 3.95. The lowest BCUT2D eigenvalue weighted by Crippen LogP contribution is -2.66. The van der Waals surface area contributed by atoms with E-state index in [4.69, 9.17) is 16.3 Å². The molecule has 2 unspecified atom stereocenters. The molecule has 1 aromatic heterocycles. The lowest BCUT2D eigenvalue weighted by atomic mass is 9.91. The van der Waals surface area contributed by atoms with E-state index < -0.39 is 0 Å². The molecule has 0 radical (unpaired) electrons. The van der Waals surface area contributed by atoms with Crippen molar-refractivity contribution in [3.05, 3.63) is 45.4 Å². The van der Waals surface area contributed by atoms with Crippen LogP contribution in [0.2, 0.25) is 5.02 Å². The van der Waals surface area contributed by atoms with Crippen molar-refractivity contribution >= 4 is 22.9 Å². The van der Waals surface area contributed by atoms with Crippen molar-refractivity contribution in [2.75, 3.05) is 13.1 Å². The monoisotopic (exact) mass is 335 g/mol. The number of hydrogen-bond donors (Lipinski definition) is 1. The zero-order chi connectivity index (χ0) is 14.9. The van der Waals surface area contributed by atoms with Crippen molar-refractivity contribution in [1.29, 1.82) is 0 Å². The Morgan fingerprint density at radius 3 is 2.73 bits per heavy atom. The third-order valence-corrected chi connectivity index (χ3v) is 5.28. The van der Waals surface area contributed by atoms with Crippen molar-refractivity contribution in [2.45, 2.75) is 31.7 Å². The fraction of sp³-hybridized carbons (Fsp3) is 0.438. The Kier molecular flexibility index (Phi) is 4.05. The highest BCUT2D eigenvalue weighted by Crippen LogP contribution is 2.23. The quantitative estimate of drug-likeness (QED) is 0.911. The maximum atomic E-state index is 5.86. The summed E-state index contributed by atoms with van der Waals surface area (Å²) in [5, 5.41) is 7.44. The van der Waals surface area contributed by atoms with Crippen LogP contribution in [0.25, 0.3) is 0 Å². The molecule has 116 valence electrons. The van der Waals surface area contributed by atoms with Crippen molar-refractivity contribution in [3.8, 4) is 5.75 Å². The highest BCUT2D eigenvalue weighted by atomic mass is 35.5. The number of piperazine rings is 1. The van der Waals surface area contributed by atoms with Crippen LogP contribution in [0.3, 0.4) is 0 Å². The summed E-state index contributed by atoms with van der Waals surface area (Å²) in [6.07, 6.45) is 1.34. The molecule has 3 saturated heterocycles. The SMILES string of the molecule is Clc1ccc(OCc2nc(CN3CC4CC(C3)N4)cs2)cc1. The summed E-state index contributed by atoms with van der Waals surface area (Å²) in [7, 11) is 0. The van der Waals surface area contributed by atoms with Gasteiger partial charge in [-0.05, 0) is 30.7 Å².